The monoisotopic (exact) mass is 243 g/mol. The second kappa shape index (κ2) is 5.45. The van der Waals surface area contributed by atoms with Crippen LogP contribution in [0.1, 0.15) is 11.1 Å². The normalized spacial score (nSPS) is 10.1. The van der Waals surface area contributed by atoms with Gasteiger partial charge in [0.15, 0.2) is 0 Å². The fraction of sp³-hybridized carbons (Fsp3) is 0.200. The topological polar surface area (TPSA) is 44.5 Å². The number of ether oxygens (including phenoxy) is 2. The Balaban J connectivity index is 2.33. The molecule has 2 aromatic rings. The van der Waals surface area contributed by atoms with Gasteiger partial charge in [-0.05, 0) is 35.4 Å². The second-order valence-electron chi connectivity index (χ2n) is 4.05. The first-order valence-electron chi connectivity index (χ1n) is 5.79. The van der Waals surface area contributed by atoms with Gasteiger partial charge in [0.2, 0.25) is 0 Å². The average Bonchev–Trinajstić information content (AvgIpc) is 2.42. The number of hydrogen-bond acceptors (Lipinski definition) is 3. The minimum absolute atomic E-state index is 0.729. The molecule has 2 rings (SSSR count). The molecular formula is C15H17NO2. The molecular weight excluding hydrogens is 226 g/mol. The van der Waals surface area contributed by atoms with Gasteiger partial charge in [0, 0.05) is 12.1 Å². The number of nitrogen functional groups attached to an aromatic ring is 1. The molecule has 3 heteroatoms. The van der Waals surface area contributed by atoms with E-state index in [1.54, 1.807) is 14.2 Å². The van der Waals surface area contributed by atoms with Gasteiger partial charge in [0.1, 0.15) is 11.5 Å². The largest absolute Gasteiger partial charge is 0.497 e. The SMILES string of the molecule is COc1ccc(N)c(Cc2ccccc2OC)c1. The Labute approximate surface area is 107 Å². The van der Waals surface area contributed by atoms with Gasteiger partial charge in [-0.15, -0.1) is 0 Å². The summed E-state index contributed by atoms with van der Waals surface area (Å²) in [7, 11) is 3.33. The summed E-state index contributed by atoms with van der Waals surface area (Å²) in [6.45, 7) is 0. The molecule has 0 unspecified atom stereocenters. The van der Waals surface area contributed by atoms with Gasteiger partial charge < -0.3 is 15.2 Å². The third-order valence-corrected chi connectivity index (χ3v) is 2.92. The zero-order valence-corrected chi connectivity index (χ0v) is 10.6. The summed E-state index contributed by atoms with van der Waals surface area (Å²) in [6.07, 6.45) is 0.729. The molecule has 0 spiro atoms. The number of hydrogen-bond donors (Lipinski definition) is 1. The summed E-state index contributed by atoms with van der Waals surface area (Å²) in [6, 6.07) is 13.6. The summed E-state index contributed by atoms with van der Waals surface area (Å²) < 4.78 is 10.6. The maximum absolute atomic E-state index is 5.99. The molecule has 0 bridgehead atoms. The summed E-state index contributed by atoms with van der Waals surface area (Å²) >= 11 is 0. The first kappa shape index (κ1) is 12.3. The Morgan fingerprint density at radius 1 is 0.944 bits per heavy atom. The van der Waals surface area contributed by atoms with E-state index >= 15 is 0 Å². The van der Waals surface area contributed by atoms with Gasteiger partial charge in [0.25, 0.3) is 0 Å². The van der Waals surface area contributed by atoms with E-state index in [1.165, 1.54) is 0 Å². The van der Waals surface area contributed by atoms with Crippen LogP contribution < -0.4 is 15.2 Å². The highest BCUT2D eigenvalue weighted by molar-refractivity contribution is 5.53. The van der Waals surface area contributed by atoms with Crippen molar-refractivity contribution in [2.75, 3.05) is 20.0 Å². The molecule has 0 aromatic heterocycles. The Bertz CT molecular complexity index is 538. The van der Waals surface area contributed by atoms with Crippen molar-refractivity contribution in [3.8, 4) is 11.5 Å². The zero-order valence-electron chi connectivity index (χ0n) is 10.6. The lowest BCUT2D eigenvalue weighted by molar-refractivity contribution is 0.410. The number of methoxy groups -OCH3 is 2. The highest BCUT2D eigenvalue weighted by Crippen LogP contribution is 2.26. The molecule has 0 amide bonds. The standard InChI is InChI=1S/C15H17NO2/c1-17-13-7-8-14(16)12(10-13)9-11-5-3-4-6-15(11)18-2/h3-8,10H,9,16H2,1-2H3. The highest BCUT2D eigenvalue weighted by Gasteiger charge is 2.07. The highest BCUT2D eigenvalue weighted by atomic mass is 16.5. The van der Waals surface area contributed by atoms with Crippen molar-refractivity contribution in [2.24, 2.45) is 0 Å². The predicted molar refractivity (Wildman–Crippen MR) is 73.2 cm³/mol. The van der Waals surface area contributed by atoms with Crippen LogP contribution in [0, 0.1) is 0 Å². The molecule has 0 heterocycles. The van der Waals surface area contributed by atoms with Gasteiger partial charge >= 0.3 is 0 Å². The summed E-state index contributed by atoms with van der Waals surface area (Å²) in [5.41, 5.74) is 8.90. The molecule has 94 valence electrons. The van der Waals surface area contributed by atoms with E-state index in [9.17, 15) is 0 Å². The lowest BCUT2D eigenvalue weighted by Gasteiger charge is -2.11. The smallest absolute Gasteiger partial charge is 0.122 e. The number of nitrogens with two attached hydrogens (primary N) is 1. The number of benzene rings is 2. The number of para-hydroxylation sites is 1. The summed E-state index contributed by atoms with van der Waals surface area (Å²) in [5.74, 6) is 1.69. The van der Waals surface area contributed by atoms with Gasteiger partial charge in [-0.25, -0.2) is 0 Å². The van der Waals surface area contributed by atoms with E-state index in [-0.39, 0.29) is 0 Å². The lowest BCUT2D eigenvalue weighted by Crippen LogP contribution is -1.98. The first-order valence-corrected chi connectivity index (χ1v) is 5.79. The summed E-state index contributed by atoms with van der Waals surface area (Å²) in [5, 5.41) is 0. The Hall–Kier alpha value is -2.16. The molecule has 0 aliphatic heterocycles. The molecule has 0 radical (unpaired) electrons. The van der Waals surface area contributed by atoms with Crippen LogP contribution in [0.3, 0.4) is 0 Å². The fourth-order valence-corrected chi connectivity index (χ4v) is 1.92. The van der Waals surface area contributed by atoms with Crippen LogP contribution in [0.4, 0.5) is 5.69 Å². The van der Waals surface area contributed by atoms with Gasteiger partial charge in [-0.3, -0.25) is 0 Å². The van der Waals surface area contributed by atoms with Crippen LogP contribution in [0.15, 0.2) is 42.5 Å². The molecule has 0 aliphatic carbocycles. The number of anilines is 1. The minimum Gasteiger partial charge on any atom is -0.497 e. The van der Waals surface area contributed by atoms with Crippen molar-refractivity contribution in [3.05, 3.63) is 53.6 Å². The second-order valence-corrected chi connectivity index (χ2v) is 4.05. The van der Waals surface area contributed by atoms with E-state index in [0.29, 0.717) is 0 Å². The average molecular weight is 243 g/mol. The van der Waals surface area contributed by atoms with E-state index in [1.807, 2.05) is 42.5 Å². The van der Waals surface area contributed by atoms with Crippen LogP contribution in [0.2, 0.25) is 0 Å². The first-order chi connectivity index (χ1) is 8.74. The third-order valence-electron chi connectivity index (χ3n) is 2.92. The van der Waals surface area contributed by atoms with Crippen molar-refractivity contribution in [1.29, 1.82) is 0 Å². The van der Waals surface area contributed by atoms with Crippen molar-refractivity contribution >= 4 is 5.69 Å². The molecule has 0 aliphatic rings. The van der Waals surface area contributed by atoms with E-state index in [4.69, 9.17) is 15.2 Å². The zero-order chi connectivity index (χ0) is 13.0. The Kier molecular flexibility index (Phi) is 3.72. The summed E-state index contributed by atoms with van der Waals surface area (Å²) in [4.78, 5) is 0. The van der Waals surface area contributed by atoms with Crippen LogP contribution in [0.5, 0.6) is 11.5 Å². The van der Waals surface area contributed by atoms with E-state index in [0.717, 1.165) is 34.7 Å². The molecule has 0 fully saturated rings. The van der Waals surface area contributed by atoms with Crippen LogP contribution in [-0.2, 0) is 6.42 Å². The lowest BCUT2D eigenvalue weighted by atomic mass is 10.0. The van der Waals surface area contributed by atoms with Crippen LogP contribution in [-0.4, -0.2) is 14.2 Å². The van der Waals surface area contributed by atoms with Crippen molar-refractivity contribution < 1.29 is 9.47 Å². The molecule has 3 nitrogen and oxygen atoms in total. The molecule has 18 heavy (non-hydrogen) atoms. The van der Waals surface area contributed by atoms with Crippen LogP contribution in [0.25, 0.3) is 0 Å². The van der Waals surface area contributed by atoms with E-state index < -0.39 is 0 Å². The van der Waals surface area contributed by atoms with Crippen molar-refractivity contribution in [1.82, 2.24) is 0 Å². The van der Waals surface area contributed by atoms with Gasteiger partial charge in [-0.1, -0.05) is 18.2 Å². The maximum atomic E-state index is 5.99. The molecule has 0 atom stereocenters. The minimum atomic E-state index is 0.729. The molecule has 2 N–H and O–H groups in total. The van der Waals surface area contributed by atoms with Crippen LogP contribution >= 0.6 is 0 Å². The molecule has 0 saturated heterocycles. The van der Waals surface area contributed by atoms with Crippen molar-refractivity contribution in [3.63, 3.8) is 0 Å². The van der Waals surface area contributed by atoms with Gasteiger partial charge in [0.05, 0.1) is 14.2 Å². The number of rotatable bonds is 4. The quantitative estimate of drug-likeness (QED) is 0.840. The van der Waals surface area contributed by atoms with Gasteiger partial charge in [-0.2, -0.15) is 0 Å². The predicted octanol–water partition coefficient (Wildman–Crippen LogP) is 2.88. The third kappa shape index (κ3) is 2.56. The fourth-order valence-electron chi connectivity index (χ4n) is 1.92. The Morgan fingerprint density at radius 2 is 1.72 bits per heavy atom. The molecule has 2 aromatic carbocycles. The molecule has 0 saturated carbocycles. The Morgan fingerprint density at radius 3 is 2.44 bits per heavy atom. The van der Waals surface area contributed by atoms with Crippen molar-refractivity contribution in [2.45, 2.75) is 6.42 Å². The maximum Gasteiger partial charge on any atom is 0.122 e. The van der Waals surface area contributed by atoms with E-state index in [2.05, 4.69) is 0 Å².